The lowest BCUT2D eigenvalue weighted by Gasteiger charge is -2.32. The van der Waals surface area contributed by atoms with Crippen molar-refractivity contribution in [3.05, 3.63) is 23.8 Å². The number of thiazole rings is 1. The van der Waals surface area contributed by atoms with E-state index in [1.807, 2.05) is 23.1 Å². The number of nitrogens with one attached hydrogen (secondary N) is 1. The second-order valence-corrected chi connectivity index (χ2v) is 7.61. The van der Waals surface area contributed by atoms with Crippen molar-refractivity contribution >= 4 is 54.4 Å². The van der Waals surface area contributed by atoms with E-state index in [-0.39, 0.29) is 11.8 Å². The molecular formula is C16H19BrN4O2S. The molecule has 0 unspecified atom stereocenters. The van der Waals surface area contributed by atoms with Crippen LogP contribution in [0.4, 0.5) is 5.13 Å². The van der Waals surface area contributed by atoms with Gasteiger partial charge in [0, 0.05) is 43.5 Å². The molecule has 1 aromatic heterocycles. The Morgan fingerprint density at radius 1 is 1.29 bits per heavy atom. The van der Waals surface area contributed by atoms with Gasteiger partial charge in [0.25, 0.3) is 5.91 Å². The fraction of sp³-hybridized carbons (Fsp3) is 0.438. The van der Waals surface area contributed by atoms with Gasteiger partial charge in [0.1, 0.15) is 0 Å². The smallest absolute Gasteiger partial charge is 0.253 e. The lowest BCUT2D eigenvalue weighted by molar-refractivity contribution is -0.115. The molecule has 1 N–H and O–H groups in total. The summed E-state index contributed by atoms with van der Waals surface area (Å²) < 4.78 is 0.907. The summed E-state index contributed by atoms with van der Waals surface area (Å²) >= 11 is 4.63. The first-order valence-electron chi connectivity index (χ1n) is 7.81. The number of amides is 2. The van der Waals surface area contributed by atoms with Gasteiger partial charge in [-0.2, -0.15) is 0 Å². The van der Waals surface area contributed by atoms with Gasteiger partial charge in [0.2, 0.25) is 5.91 Å². The molecule has 128 valence electrons. The number of fused-ring (bicyclic) bond motifs is 1. The molecule has 1 aliphatic rings. The van der Waals surface area contributed by atoms with Crippen LogP contribution in [0.5, 0.6) is 0 Å². The van der Waals surface area contributed by atoms with Crippen molar-refractivity contribution in [2.75, 3.05) is 43.9 Å². The van der Waals surface area contributed by atoms with Gasteiger partial charge >= 0.3 is 0 Å². The summed E-state index contributed by atoms with van der Waals surface area (Å²) in [5.41, 5.74) is 1.47. The summed E-state index contributed by atoms with van der Waals surface area (Å²) in [5.74, 6) is -0.0112. The molecule has 6 nitrogen and oxygen atoms in total. The van der Waals surface area contributed by atoms with Crippen LogP contribution in [0.15, 0.2) is 18.2 Å². The van der Waals surface area contributed by atoms with E-state index in [4.69, 9.17) is 0 Å². The highest BCUT2D eigenvalue weighted by Crippen LogP contribution is 2.27. The van der Waals surface area contributed by atoms with Gasteiger partial charge in [-0.05, 0) is 25.2 Å². The zero-order valence-electron chi connectivity index (χ0n) is 13.4. The Hall–Kier alpha value is -1.51. The van der Waals surface area contributed by atoms with Crippen LogP contribution in [0, 0.1) is 0 Å². The van der Waals surface area contributed by atoms with Crippen molar-refractivity contribution in [1.29, 1.82) is 0 Å². The quantitative estimate of drug-likeness (QED) is 0.785. The molecular weight excluding hydrogens is 392 g/mol. The Morgan fingerprint density at radius 2 is 2.04 bits per heavy atom. The number of anilines is 1. The molecule has 0 bridgehead atoms. The minimum atomic E-state index is -0.0698. The van der Waals surface area contributed by atoms with Crippen molar-refractivity contribution in [3.8, 4) is 0 Å². The highest BCUT2D eigenvalue weighted by molar-refractivity contribution is 9.09. The van der Waals surface area contributed by atoms with E-state index in [2.05, 4.69) is 38.2 Å². The summed E-state index contributed by atoms with van der Waals surface area (Å²) in [4.78, 5) is 32.8. The van der Waals surface area contributed by atoms with E-state index < -0.39 is 0 Å². The average molecular weight is 411 g/mol. The molecule has 2 aromatic rings. The predicted octanol–water partition coefficient (Wildman–Crippen LogP) is 2.41. The Morgan fingerprint density at radius 3 is 2.75 bits per heavy atom. The topological polar surface area (TPSA) is 65.5 Å². The molecule has 1 aliphatic heterocycles. The molecule has 1 aromatic carbocycles. The Balaban J connectivity index is 1.75. The molecule has 1 fully saturated rings. The summed E-state index contributed by atoms with van der Waals surface area (Å²) in [6, 6.07) is 5.52. The minimum Gasteiger partial charge on any atom is -0.336 e. The van der Waals surface area contributed by atoms with Gasteiger partial charge in [0.15, 0.2) is 5.13 Å². The van der Waals surface area contributed by atoms with Crippen LogP contribution in [0.1, 0.15) is 16.8 Å². The number of benzene rings is 1. The van der Waals surface area contributed by atoms with Crippen molar-refractivity contribution in [2.45, 2.75) is 6.42 Å². The van der Waals surface area contributed by atoms with Crippen LogP contribution >= 0.6 is 27.3 Å². The largest absolute Gasteiger partial charge is 0.336 e. The Kier molecular flexibility index (Phi) is 5.47. The van der Waals surface area contributed by atoms with E-state index >= 15 is 0 Å². The van der Waals surface area contributed by atoms with E-state index in [0.29, 0.717) is 22.4 Å². The maximum absolute atomic E-state index is 12.6. The van der Waals surface area contributed by atoms with Gasteiger partial charge in [-0.15, -0.1) is 0 Å². The molecule has 0 atom stereocenters. The lowest BCUT2D eigenvalue weighted by Crippen LogP contribution is -2.47. The number of alkyl halides is 1. The molecule has 1 saturated heterocycles. The van der Waals surface area contributed by atoms with Crippen LogP contribution in [-0.2, 0) is 4.79 Å². The van der Waals surface area contributed by atoms with Crippen molar-refractivity contribution in [2.24, 2.45) is 0 Å². The summed E-state index contributed by atoms with van der Waals surface area (Å²) in [5, 5.41) is 3.97. The van der Waals surface area contributed by atoms with Crippen molar-refractivity contribution < 1.29 is 9.59 Å². The molecule has 2 amide bonds. The SMILES string of the molecule is CN1CCN(C(=O)c2ccc3nc(NC(=O)CCBr)sc3c2)CC1. The van der Waals surface area contributed by atoms with Crippen LogP contribution < -0.4 is 5.32 Å². The molecule has 3 rings (SSSR count). The second-order valence-electron chi connectivity index (χ2n) is 5.78. The normalized spacial score (nSPS) is 15.7. The van der Waals surface area contributed by atoms with Gasteiger partial charge in [-0.3, -0.25) is 9.59 Å². The molecule has 24 heavy (non-hydrogen) atoms. The van der Waals surface area contributed by atoms with Gasteiger partial charge in [-0.1, -0.05) is 27.3 Å². The molecule has 0 aliphatic carbocycles. The average Bonchev–Trinajstić information content (AvgIpc) is 2.96. The number of nitrogens with zero attached hydrogens (tertiary/aromatic N) is 3. The number of halogens is 1. The fourth-order valence-electron chi connectivity index (χ4n) is 2.57. The van der Waals surface area contributed by atoms with Gasteiger partial charge in [0.05, 0.1) is 10.2 Å². The third kappa shape index (κ3) is 3.93. The van der Waals surface area contributed by atoms with Crippen LogP contribution in [0.2, 0.25) is 0 Å². The van der Waals surface area contributed by atoms with Crippen molar-refractivity contribution in [3.63, 3.8) is 0 Å². The summed E-state index contributed by atoms with van der Waals surface area (Å²) in [6.07, 6.45) is 0.406. The van der Waals surface area contributed by atoms with E-state index in [1.54, 1.807) is 0 Å². The number of hydrogen-bond donors (Lipinski definition) is 1. The standard InChI is InChI=1S/C16H19BrN4O2S/c1-20-6-8-21(9-7-20)15(23)11-2-3-12-13(10-11)24-16(18-12)19-14(22)4-5-17/h2-3,10H,4-9H2,1H3,(H,18,19,22). The lowest BCUT2D eigenvalue weighted by atomic mass is 10.1. The predicted molar refractivity (Wildman–Crippen MR) is 100 cm³/mol. The van der Waals surface area contributed by atoms with Crippen LogP contribution in [0.3, 0.4) is 0 Å². The number of carbonyl (C=O) groups excluding carboxylic acids is 2. The Bertz CT molecular complexity index is 756. The zero-order chi connectivity index (χ0) is 17.1. The van der Waals surface area contributed by atoms with E-state index in [1.165, 1.54) is 11.3 Å². The first-order valence-corrected chi connectivity index (χ1v) is 9.75. The Labute approximate surface area is 153 Å². The van der Waals surface area contributed by atoms with E-state index in [0.717, 1.165) is 36.4 Å². The summed E-state index contributed by atoms with van der Waals surface area (Å²) in [7, 11) is 2.07. The second kappa shape index (κ2) is 7.58. The third-order valence-corrected chi connectivity index (χ3v) is 5.32. The molecule has 0 saturated carbocycles. The van der Waals surface area contributed by atoms with Gasteiger partial charge in [-0.25, -0.2) is 4.98 Å². The fourth-order valence-corrected chi connectivity index (χ4v) is 3.85. The highest BCUT2D eigenvalue weighted by atomic mass is 79.9. The number of rotatable bonds is 4. The molecule has 2 heterocycles. The monoisotopic (exact) mass is 410 g/mol. The molecule has 0 spiro atoms. The number of hydrogen-bond acceptors (Lipinski definition) is 5. The highest BCUT2D eigenvalue weighted by Gasteiger charge is 2.21. The summed E-state index contributed by atoms with van der Waals surface area (Å²) in [6.45, 7) is 3.31. The first-order chi connectivity index (χ1) is 11.6. The maximum atomic E-state index is 12.6. The van der Waals surface area contributed by atoms with Crippen LogP contribution in [-0.4, -0.2) is 65.2 Å². The van der Waals surface area contributed by atoms with Crippen molar-refractivity contribution in [1.82, 2.24) is 14.8 Å². The number of aromatic nitrogens is 1. The number of piperazine rings is 1. The zero-order valence-corrected chi connectivity index (χ0v) is 15.8. The third-order valence-electron chi connectivity index (χ3n) is 3.99. The molecule has 0 radical (unpaired) electrons. The minimum absolute atomic E-state index is 0.0586. The first kappa shape index (κ1) is 17.3. The van der Waals surface area contributed by atoms with Crippen LogP contribution in [0.25, 0.3) is 10.2 Å². The van der Waals surface area contributed by atoms with E-state index in [9.17, 15) is 9.59 Å². The van der Waals surface area contributed by atoms with Gasteiger partial charge < -0.3 is 15.1 Å². The number of likely N-dealkylation sites (N-methyl/N-ethyl adjacent to an activating group) is 1. The maximum Gasteiger partial charge on any atom is 0.253 e. The molecule has 8 heteroatoms. The number of carbonyl (C=O) groups is 2.